The molecular weight excluding hydrogens is 355 g/mol. The van der Waals surface area contributed by atoms with Crippen LogP contribution in [0.1, 0.15) is 43.0 Å². The van der Waals surface area contributed by atoms with Gasteiger partial charge in [-0.15, -0.1) is 0 Å². The van der Waals surface area contributed by atoms with Crippen molar-refractivity contribution in [1.82, 2.24) is 14.9 Å². The van der Waals surface area contributed by atoms with Crippen LogP contribution in [0.15, 0.2) is 29.1 Å². The number of alkyl halides is 3. The summed E-state index contributed by atoms with van der Waals surface area (Å²) >= 11 is 0. The number of aromatic nitrogens is 2. The molecule has 1 fully saturated rings. The largest absolute Gasteiger partial charge is 0.433 e. The van der Waals surface area contributed by atoms with Gasteiger partial charge in [-0.1, -0.05) is 37.6 Å². The molecule has 1 aromatic heterocycles. The number of rotatable bonds is 5. The summed E-state index contributed by atoms with van der Waals surface area (Å²) < 4.78 is 39.7. The maximum atomic E-state index is 13.2. The summed E-state index contributed by atoms with van der Waals surface area (Å²) in [5.41, 5.74) is -0.883. The lowest BCUT2D eigenvalue weighted by atomic mass is 10.0. The van der Waals surface area contributed by atoms with Gasteiger partial charge in [0.1, 0.15) is 5.82 Å². The first kappa shape index (κ1) is 19.6. The standard InChI is InChI=1S/C20H24F3N3O/c1-3-6-14-9-10-26(11-14)12-15-7-4-5-8-16(15)18-24-17(20(21,22)23)13(2)19(27)25-18/h4-5,7-8,14H,3,6,9-12H2,1-2H3,(H,24,25,27). The first-order valence-electron chi connectivity index (χ1n) is 9.28. The Morgan fingerprint density at radius 3 is 2.74 bits per heavy atom. The van der Waals surface area contributed by atoms with Crippen LogP contribution in [-0.4, -0.2) is 28.0 Å². The van der Waals surface area contributed by atoms with E-state index in [0.717, 1.165) is 38.4 Å². The van der Waals surface area contributed by atoms with Gasteiger partial charge in [-0.2, -0.15) is 13.2 Å². The quantitative estimate of drug-likeness (QED) is 0.838. The van der Waals surface area contributed by atoms with Crippen molar-refractivity contribution in [3.8, 4) is 11.4 Å². The van der Waals surface area contributed by atoms with E-state index in [2.05, 4.69) is 21.8 Å². The van der Waals surface area contributed by atoms with Gasteiger partial charge in [-0.3, -0.25) is 9.69 Å². The van der Waals surface area contributed by atoms with Crippen molar-refractivity contribution in [2.45, 2.75) is 45.8 Å². The second-order valence-electron chi connectivity index (χ2n) is 7.22. The van der Waals surface area contributed by atoms with Crippen molar-refractivity contribution in [1.29, 1.82) is 0 Å². The zero-order chi connectivity index (χ0) is 19.6. The maximum absolute atomic E-state index is 13.2. The molecule has 2 heterocycles. The molecule has 1 N–H and O–H groups in total. The van der Waals surface area contributed by atoms with E-state index < -0.39 is 23.0 Å². The number of nitrogens with zero attached hydrogens (tertiary/aromatic N) is 2. The molecule has 1 aliphatic heterocycles. The SMILES string of the molecule is CCCC1CCN(Cc2ccccc2-c2nc(C(F)(F)F)c(C)c(=O)[nH]2)C1. The lowest BCUT2D eigenvalue weighted by molar-refractivity contribution is -0.141. The number of benzene rings is 1. The first-order valence-corrected chi connectivity index (χ1v) is 9.28. The van der Waals surface area contributed by atoms with E-state index in [1.165, 1.54) is 6.42 Å². The molecule has 1 saturated heterocycles. The topological polar surface area (TPSA) is 49.0 Å². The predicted molar refractivity (Wildman–Crippen MR) is 98.3 cm³/mol. The van der Waals surface area contributed by atoms with Crippen molar-refractivity contribution in [2.24, 2.45) is 5.92 Å². The smallest absolute Gasteiger partial charge is 0.306 e. The molecule has 0 saturated carbocycles. The molecule has 0 amide bonds. The van der Waals surface area contributed by atoms with Crippen LogP contribution in [0.25, 0.3) is 11.4 Å². The van der Waals surface area contributed by atoms with Crippen LogP contribution in [-0.2, 0) is 12.7 Å². The number of likely N-dealkylation sites (tertiary alicyclic amines) is 1. The van der Waals surface area contributed by atoms with Gasteiger partial charge < -0.3 is 4.98 Å². The second kappa shape index (κ2) is 7.84. The van der Waals surface area contributed by atoms with Gasteiger partial charge in [-0.25, -0.2) is 4.98 Å². The van der Waals surface area contributed by atoms with Gasteiger partial charge in [0.2, 0.25) is 0 Å². The maximum Gasteiger partial charge on any atom is 0.433 e. The summed E-state index contributed by atoms with van der Waals surface area (Å²) in [4.78, 5) is 20.6. The zero-order valence-corrected chi connectivity index (χ0v) is 15.6. The molecular formula is C20H24F3N3O. The Kier molecular flexibility index (Phi) is 5.69. The third-order valence-electron chi connectivity index (χ3n) is 5.15. The molecule has 7 heteroatoms. The van der Waals surface area contributed by atoms with Gasteiger partial charge in [0, 0.05) is 24.2 Å². The molecule has 3 rings (SSSR count). The van der Waals surface area contributed by atoms with Crippen molar-refractivity contribution in [3.63, 3.8) is 0 Å². The van der Waals surface area contributed by atoms with E-state index >= 15 is 0 Å². The van der Waals surface area contributed by atoms with E-state index in [1.807, 2.05) is 12.1 Å². The van der Waals surface area contributed by atoms with Crippen molar-refractivity contribution < 1.29 is 13.2 Å². The molecule has 1 aromatic carbocycles. The second-order valence-corrected chi connectivity index (χ2v) is 7.22. The lowest BCUT2D eigenvalue weighted by Gasteiger charge is -2.19. The van der Waals surface area contributed by atoms with Crippen LogP contribution in [0.4, 0.5) is 13.2 Å². The van der Waals surface area contributed by atoms with Crippen LogP contribution >= 0.6 is 0 Å². The number of H-pyrrole nitrogens is 1. The Labute approximate surface area is 156 Å². The van der Waals surface area contributed by atoms with E-state index in [9.17, 15) is 18.0 Å². The number of hydrogen-bond acceptors (Lipinski definition) is 3. The number of nitrogens with one attached hydrogen (secondary N) is 1. The van der Waals surface area contributed by atoms with Gasteiger partial charge >= 0.3 is 6.18 Å². The van der Waals surface area contributed by atoms with E-state index in [4.69, 9.17) is 0 Å². The lowest BCUT2D eigenvalue weighted by Crippen LogP contribution is -2.23. The molecule has 0 spiro atoms. The van der Waals surface area contributed by atoms with Crippen molar-refractivity contribution in [3.05, 3.63) is 51.4 Å². The van der Waals surface area contributed by atoms with Gasteiger partial charge in [0.15, 0.2) is 5.69 Å². The van der Waals surface area contributed by atoms with Crippen LogP contribution in [0.2, 0.25) is 0 Å². The Hall–Kier alpha value is -2.15. The third-order valence-corrected chi connectivity index (χ3v) is 5.15. The highest BCUT2D eigenvalue weighted by Gasteiger charge is 2.36. The highest BCUT2D eigenvalue weighted by Crippen LogP contribution is 2.31. The fourth-order valence-electron chi connectivity index (χ4n) is 3.77. The van der Waals surface area contributed by atoms with Crippen LogP contribution in [0.3, 0.4) is 0 Å². The summed E-state index contributed by atoms with van der Waals surface area (Å²) in [6.07, 6.45) is -1.16. The van der Waals surface area contributed by atoms with Crippen molar-refractivity contribution in [2.75, 3.05) is 13.1 Å². The highest BCUT2D eigenvalue weighted by molar-refractivity contribution is 5.60. The summed E-state index contributed by atoms with van der Waals surface area (Å²) in [5, 5.41) is 0. The average molecular weight is 379 g/mol. The van der Waals surface area contributed by atoms with Crippen LogP contribution < -0.4 is 5.56 Å². The molecule has 146 valence electrons. The Morgan fingerprint density at radius 1 is 1.30 bits per heavy atom. The number of hydrogen-bond donors (Lipinski definition) is 1. The molecule has 27 heavy (non-hydrogen) atoms. The third kappa shape index (κ3) is 4.40. The fourth-order valence-corrected chi connectivity index (χ4v) is 3.77. The Bertz CT molecular complexity index is 860. The van der Waals surface area contributed by atoms with Crippen LogP contribution in [0, 0.1) is 12.8 Å². The van der Waals surface area contributed by atoms with Gasteiger partial charge in [0.05, 0.1) is 0 Å². The molecule has 0 bridgehead atoms. The predicted octanol–water partition coefficient (Wildman–Crippen LogP) is 4.39. The Morgan fingerprint density at radius 2 is 2.04 bits per heavy atom. The summed E-state index contributed by atoms with van der Waals surface area (Å²) in [5.74, 6) is 0.647. The number of aromatic amines is 1. The first-order chi connectivity index (χ1) is 12.8. The summed E-state index contributed by atoms with van der Waals surface area (Å²) in [7, 11) is 0. The highest BCUT2D eigenvalue weighted by atomic mass is 19.4. The van der Waals surface area contributed by atoms with Crippen LogP contribution in [0.5, 0.6) is 0 Å². The molecule has 1 aliphatic rings. The van der Waals surface area contributed by atoms with E-state index in [-0.39, 0.29) is 5.82 Å². The fraction of sp³-hybridized carbons (Fsp3) is 0.500. The zero-order valence-electron chi connectivity index (χ0n) is 15.6. The normalized spacial score (nSPS) is 18.2. The van der Waals surface area contributed by atoms with E-state index in [1.54, 1.807) is 12.1 Å². The minimum absolute atomic E-state index is 0.0298. The van der Waals surface area contributed by atoms with Gasteiger partial charge in [0.25, 0.3) is 5.56 Å². The molecule has 4 nitrogen and oxygen atoms in total. The molecule has 0 radical (unpaired) electrons. The minimum Gasteiger partial charge on any atom is -0.306 e. The molecule has 2 aromatic rings. The van der Waals surface area contributed by atoms with Gasteiger partial charge in [-0.05, 0) is 37.8 Å². The van der Waals surface area contributed by atoms with Crippen molar-refractivity contribution >= 4 is 0 Å². The monoisotopic (exact) mass is 379 g/mol. The Balaban J connectivity index is 1.93. The molecule has 0 aliphatic carbocycles. The average Bonchev–Trinajstić information content (AvgIpc) is 3.04. The minimum atomic E-state index is -4.66. The summed E-state index contributed by atoms with van der Waals surface area (Å²) in [6, 6.07) is 7.20. The molecule has 1 atom stereocenters. The number of halogens is 3. The summed E-state index contributed by atoms with van der Waals surface area (Å²) in [6.45, 7) is 5.92. The molecule has 1 unspecified atom stereocenters. The van der Waals surface area contributed by atoms with E-state index in [0.29, 0.717) is 18.0 Å².